The van der Waals surface area contributed by atoms with Crippen LogP contribution >= 0.6 is 0 Å². The van der Waals surface area contributed by atoms with E-state index in [0.29, 0.717) is 0 Å². The molecule has 0 amide bonds. The maximum Gasteiger partial charge on any atom is 0.0619 e. The monoisotopic (exact) mass is 736 g/mol. The first-order chi connectivity index (χ1) is 28.6. The summed E-state index contributed by atoms with van der Waals surface area (Å²) in [5, 5.41) is 9.74. The lowest BCUT2D eigenvalue weighted by Gasteiger charge is -2.12. The van der Waals surface area contributed by atoms with Crippen molar-refractivity contribution in [2.45, 2.75) is 0 Å². The fraction of sp³-hybridized carbons (Fsp3) is 0. The van der Waals surface area contributed by atoms with Gasteiger partial charge < -0.3 is 9.13 Å². The van der Waals surface area contributed by atoms with E-state index in [-0.39, 0.29) is 0 Å². The van der Waals surface area contributed by atoms with Crippen LogP contribution in [-0.2, 0) is 0 Å². The molecule has 11 aromatic rings. The number of hydrogen-bond acceptors (Lipinski definition) is 0. The van der Waals surface area contributed by atoms with Crippen molar-refractivity contribution in [3.63, 3.8) is 0 Å². The Morgan fingerprint density at radius 2 is 1.03 bits per heavy atom. The first-order valence-electron chi connectivity index (χ1n) is 19.9. The van der Waals surface area contributed by atoms with Crippen LogP contribution in [0.2, 0.25) is 0 Å². The summed E-state index contributed by atoms with van der Waals surface area (Å²) in [4.78, 5) is 0. The van der Waals surface area contributed by atoms with Crippen molar-refractivity contribution in [3.05, 3.63) is 217 Å². The van der Waals surface area contributed by atoms with Crippen LogP contribution in [0.3, 0.4) is 0 Å². The predicted molar refractivity (Wildman–Crippen MR) is 246 cm³/mol. The van der Waals surface area contributed by atoms with Gasteiger partial charge in [0.05, 0.1) is 22.1 Å². The molecule has 270 valence electrons. The van der Waals surface area contributed by atoms with E-state index in [4.69, 9.17) is 0 Å². The number of hydrogen-bond donors (Lipinski definition) is 0. The molecule has 1 aliphatic rings. The third-order valence-corrected chi connectivity index (χ3v) is 12.4. The van der Waals surface area contributed by atoms with Crippen molar-refractivity contribution < 1.29 is 0 Å². The van der Waals surface area contributed by atoms with Crippen LogP contribution in [0.4, 0.5) is 0 Å². The van der Waals surface area contributed by atoms with Gasteiger partial charge in [0.2, 0.25) is 0 Å². The average Bonchev–Trinajstić information content (AvgIpc) is 3.92. The summed E-state index contributed by atoms with van der Waals surface area (Å²) in [7, 11) is 0. The standard InChI is InChI=1S/C56H36N2/c1-3-43-45-28-23-38(32-50(45)48-18-11-12-35(2)55(43)48)36-20-26-42(27-21-36)57-52-19-10-9-17-46(52)51-33-39(25-31-53(51)57)40-24-29-47-49-30-22-37-13-7-8-16-44(37)56(49)58(54(47)34-40)41-14-5-4-6-15-41/h3-34H,1-2H2. The molecule has 1 aliphatic carbocycles. The lowest BCUT2D eigenvalue weighted by atomic mass is 9.96. The van der Waals surface area contributed by atoms with E-state index >= 15 is 0 Å². The lowest BCUT2D eigenvalue weighted by molar-refractivity contribution is 1.18. The third kappa shape index (κ3) is 4.66. The maximum absolute atomic E-state index is 4.32. The molecule has 0 fully saturated rings. The van der Waals surface area contributed by atoms with Gasteiger partial charge in [-0.25, -0.2) is 0 Å². The smallest absolute Gasteiger partial charge is 0.0619 e. The molecule has 0 unspecified atom stereocenters. The van der Waals surface area contributed by atoms with Crippen LogP contribution in [0.25, 0.3) is 111 Å². The van der Waals surface area contributed by atoms with Gasteiger partial charge in [0.1, 0.15) is 0 Å². The zero-order chi connectivity index (χ0) is 38.5. The van der Waals surface area contributed by atoms with E-state index in [9.17, 15) is 0 Å². The molecular formula is C56H36N2. The summed E-state index contributed by atoms with van der Waals surface area (Å²) in [5.41, 5.74) is 16.8. The number of rotatable bonds is 5. The molecule has 2 heteroatoms. The van der Waals surface area contributed by atoms with Crippen molar-refractivity contribution in [1.82, 2.24) is 9.13 Å². The first kappa shape index (κ1) is 32.6. The highest BCUT2D eigenvalue weighted by atomic mass is 15.0. The Labute approximate surface area is 335 Å². The van der Waals surface area contributed by atoms with Crippen molar-refractivity contribution in [2.75, 3.05) is 0 Å². The molecule has 58 heavy (non-hydrogen) atoms. The lowest BCUT2D eigenvalue weighted by Crippen LogP contribution is -2.24. The molecule has 2 aromatic heterocycles. The van der Waals surface area contributed by atoms with Gasteiger partial charge in [-0.3, -0.25) is 0 Å². The molecule has 2 nitrogen and oxygen atoms in total. The van der Waals surface area contributed by atoms with E-state index < -0.39 is 0 Å². The number of nitrogens with zero attached hydrogens (tertiary/aromatic N) is 2. The predicted octanol–water partition coefficient (Wildman–Crippen LogP) is 13.1. The molecule has 0 saturated heterocycles. The first-order valence-corrected chi connectivity index (χ1v) is 19.9. The summed E-state index contributed by atoms with van der Waals surface area (Å²) in [6.45, 7) is 8.45. The van der Waals surface area contributed by atoms with E-state index in [0.717, 1.165) is 22.2 Å². The van der Waals surface area contributed by atoms with Crippen molar-refractivity contribution in [2.24, 2.45) is 0 Å². The number of benzene rings is 9. The van der Waals surface area contributed by atoms with Crippen LogP contribution in [0.15, 0.2) is 201 Å². The summed E-state index contributed by atoms with van der Waals surface area (Å²) >= 11 is 0. The highest BCUT2D eigenvalue weighted by molar-refractivity contribution is 6.19. The largest absolute Gasteiger partial charge is 0.309 e. The second-order valence-electron chi connectivity index (χ2n) is 15.4. The average molecular weight is 737 g/mol. The van der Waals surface area contributed by atoms with Crippen molar-refractivity contribution >= 4 is 66.5 Å². The van der Waals surface area contributed by atoms with Gasteiger partial charge in [-0.15, -0.1) is 0 Å². The Hall–Kier alpha value is -7.68. The molecule has 2 heterocycles. The highest BCUT2D eigenvalue weighted by Crippen LogP contribution is 2.41. The van der Waals surface area contributed by atoms with E-state index in [1.165, 1.54) is 98.5 Å². The maximum atomic E-state index is 4.32. The second kappa shape index (κ2) is 12.4. The molecule has 0 N–H and O–H groups in total. The van der Waals surface area contributed by atoms with Crippen LogP contribution < -0.4 is 10.4 Å². The molecule has 0 radical (unpaired) electrons. The zero-order valence-electron chi connectivity index (χ0n) is 31.8. The molecule has 9 aromatic carbocycles. The molecule has 0 saturated carbocycles. The fourth-order valence-electron chi connectivity index (χ4n) is 9.71. The SMILES string of the molecule is C=CC1=c2c(cccc2=C)-c2cc(-c3ccc(-n4c5ccccc5c5cc(-c6ccc7c8ccc9ccccc9c8n(-c8ccccc8)c7c6)ccc54)cc3)ccc21. The van der Waals surface area contributed by atoms with Crippen LogP contribution in [0.5, 0.6) is 0 Å². The number of para-hydroxylation sites is 2. The summed E-state index contributed by atoms with van der Waals surface area (Å²) in [6, 6.07) is 68.9. The van der Waals surface area contributed by atoms with Gasteiger partial charge in [0.15, 0.2) is 0 Å². The van der Waals surface area contributed by atoms with Crippen LogP contribution in [-0.4, -0.2) is 9.13 Å². The fourth-order valence-corrected chi connectivity index (χ4v) is 9.71. The third-order valence-electron chi connectivity index (χ3n) is 12.4. The Balaban J connectivity index is 0.973. The summed E-state index contributed by atoms with van der Waals surface area (Å²) in [6.07, 6.45) is 1.97. The molecular weight excluding hydrogens is 701 g/mol. The topological polar surface area (TPSA) is 9.86 Å². The Morgan fingerprint density at radius 1 is 0.379 bits per heavy atom. The van der Waals surface area contributed by atoms with E-state index in [2.05, 4.69) is 210 Å². The van der Waals surface area contributed by atoms with Crippen molar-refractivity contribution in [1.29, 1.82) is 0 Å². The highest BCUT2D eigenvalue weighted by Gasteiger charge is 2.20. The Morgan fingerprint density at radius 3 is 1.90 bits per heavy atom. The number of allylic oxidation sites excluding steroid dienone is 1. The minimum absolute atomic E-state index is 1.04. The van der Waals surface area contributed by atoms with Gasteiger partial charge in [0, 0.05) is 38.3 Å². The quantitative estimate of drug-likeness (QED) is 0.167. The second-order valence-corrected chi connectivity index (χ2v) is 15.4. The summed E-state index contributed by atoms with van der Waals surface area (Å²) < 4.78 is 4.85. The van der Waals surface area contributed by atoms with E-state index in [1.54, 1.807) is 0 Å². The Bertz CT molecular complexity index is 3640. The van der Waals surface area contributed by atoms with Gasteiger partial charge in [-0.1, -0.05) is 153 Å². The van der Waals surface area contributed by atoms with Gasteiger partial charge in [-0.2, -0.15) is 0 Å². The minimum Gasteiger partial charge on any atom is -0.309 e. The normalized spacial score (nSPS) is 12.2. The zero-order valence-corrected chi connectivity index (χ0v) is 31.8. The van der Waals surface area contributed by atoms with Gasteiger partial charge >= 0.3 is 0 Å². The van der Waals surface area contributed by atoms with E-state index in [1.807, 2.05) is 6.08 Å². The minimum atomic E-state index is 1.04. The Kier molecular flexibility index (Phi) is 6.97. The molecule has 0 bridgehead atoms. The molecule has 0 aliphatic heterocycles. The van der Waals surface area contributed by atoms with Crippen LogP contribution in [0.1, 0.15) is 5.56 Å². The molecule has 12 rings (SSSR count). The number of fused-ring (bicyclic) bond motifs is 11. The number of aromatic nitrogens is 2. The molecule has 0 atom stereocenters. The van der Waals surface area contributed by atoms with Gasteiger partial charge in [-0.05, 0) is 115 Å². The summed E-state index contributed by atoms with van der Waals surface area (Å²) in [5.74, 6) is 0. The molecule has 0 spiro atoms. The van der Waals surface area contributed by atoms with Gasteiger partial charge in [0.25, 0.3) is 0 Å². The van der Waals surface area contributed by atoms with Crippen molar-refractivity contribution in [3.8, 4) is 44.8 Å². The van der Waals surface area contributed by atoms with Crippen LogP contribution in [0, 0.1) is 0 Å².